The number of nitrogens with one attached hydrogen (secondary N) is 2. The number of amides is 4. The molecule has 3 N–H and O–H groups in total. The molecule has 358 valence electrons. The van der Waals surface area contributed by atoms with Gasteiger partial charge in [0, 0.05) is 51.2 Å². The van der Waals surface area contributed by atoms with Crippen LogP contribution in [0.25, 0.3) is 20.9 Å². The van der Waals surface area contributed by atoms with E-state index in [1.807, 2.05) is 101 Å². The fourth-order valence-corrected chi connectivity index (χ4v) is 10.8. The average molecular weight is 963 g/mol. The topological polar surface area (TPSA) is 206 Å². The molecule has 0 radical (unpaired) electrons. The highest BCUT2D eigenvalue weighted by Crippen LogP contribution is 2.35. The molecule has 0 aliphatic carbocycles. The van der Waals surface area contributed by atoms with Crippen LogP contribution in [0, 0.1) is 32.6 Å². The Bertz CT molecular complexity index is 2710. The number of hydrogen-bond acceptors (Lipinski definition) is 14. The molecule has 8 rings (SSSR count). The number of hydrogen-bond donors (Lipinski definition) is 3. The van der Waals surface area contributed by atoms with Crippen molar-refractivity contribution in [3.63, 3.8) is 0 Å². The first-order valence-electron chi connectivity index (χ1n) is 23.0. The van der Waals surface area contributed by atoms with Crippen LogP contribution in [0.4, 0.5) is 0 Å². The predicted octanol–water partition coefficient (Wildman–Crippen LogP) is 7.09. The van der Waals surface area contributed by atoms with Gasteiger partial charge >= 0.3 is 0 Å². The van der Waals surface area contributed by atoms with E-state index < -0.39 is 36.1 Å². The van der Waals surface area contributed by atoms with Gasteiger partial charge in [0.05, 0.1) is 56.7 Å². The maximum absolute atomic E-state index is 14.4. The molecule has 16 nitrogen and oxygen atoms in total. The lowest BCUT2D eigenvalue weighted by molar-refractivity contribution is -0.141. The number of nitrogens with zero attached hydrogens (tertiary/aromatic N) is 6. The molecule has 6 heterocycles. The Balaban J connectivity index is 0.915. The lowest BCUT2D eigenvalue weighted by atomic mass is 9.91. The van der Waals surface area contributed by atoms with Gasteiger partial charge in [-0.2, -0.15) is 0 Å². The molecule has 18 heteroatoms. The van der Waals surface area contributed by atoms with E-state index in [2.05, 4.69) is 30.9 Å². The Morgan fingerprint density at radius 3 is 1.66 bits per heavy atom. The van der Waals surface area contributed by atoms with Crippen LogP contribution in [0.1, 0.15) is 97.8 Å². The molecule has 2 aliphatic heterocycles. The van der Waals surface area contributed by atoms with E-state index in [0.29, 0.717) is 22.9 Å². The Hall–Kier alpha value is -6.08. The van der Waals surface area contributed by atoms with Gasteiger partial charge in [-0.3, -0.25) is 19.2 Å². The number of aromatic nitrogens is 4. The molecule has 0 bridgehead atoms. The second-order valence-corrected chi connectivity index (χ2v) is 20.2. The van der Waals surface area contributed by atoms with Crippen molar-refractivity contribution in [2.45, 2.75) is 117 Å². The third-order valence-electron chi connectivity index (χ3n) is 12.7. The summed E-state index contributed by atoms with van der Waals surface area (Å²) in [4.78, 5) is 70.3. The molecular weight excluding hydrogens is 905 g/mol. The average Bonchev–Trinajstić information content (AvgIpc) is 4.19. The first-order valence-corrected chi connectivity index (χ1v) is 24.7. The number of carbonyl (C=O) groups excluding carboxylic acids is 4. The second-order valence-electron chi connectivity index (χ2n) is 18.5. The first kappa shape index (κ1) is 48.4. The minimum atomic E-state index is -0.871. The van der Waals surface area contributed by atoms with Crippen molar-refractivity contribution in [3.05, 3.63) is 117 Å². The van der Waals surface area contributed by atoms with Crippen molar-refractivity contribution in [3.8, 4) is 20.9 Å². The minimum absolute atomic E-state index is 0.00596. The van der Waals surface area contributed by atoms with Gasteiger partial charge in [-0.05, 0) is 54.9 Å². The Morgan fingerprint density at radius 2 is 1.19 bits per heavy atom. The quantitative estimate of drug-likeness (QED) is 0.0838. The summed E-state index contributed by atoms with van der Waals surface area (Å²) < 4.78 is 17.8. The largest absolute Gasteiger partial charge is 0.391 e. The van der Waals surface area contributed by atoms with E-state index in [1.54, 1.807) is 46.6 Å². The summed E-state index contributed by atoms with van der Waals surface area (Å²) in [6.07, 6.45) is -1.06. The highest BCUT2D eigenvalue weighted by Gasteiger charge is 2.45. The number of β-amino-alcohol motifs (C(OH)–C–C–N with tert-alkyl or cyclic N) is 1. The van der Waals surface area contributed by atoms with Gasteiger partial charge in [-0.15, -0.1) is 22.7 Å². The van der Waals surface area contributed by atoms with Crippen LogP contribution in [0.3, 0.4) is 0 Å². The lowest BCUT2D eigenvalue weighted by Crippen LogP contribution is -2.48. The summed E-state index contributed by atoms with van der Waals surface area (Å²) in [7, 11) is 0. The molecule has 6 atom stereocenters. The zero-order chi connectivity index (χ0) is 48.2. The monoisotopic (exact) mass is 962 g/mol. The molecule has 2 aliphatic rings. The molecule has 4 amide bonds. The highest BCUT2D eigenvalue weighted by molar-refractivity contribution is 7.13. The standard InChI is InChI=1S/C50H58N8O8S2/c1-27(2)43(41-16-29(5)55-65-41)50(63)58-23-38(19-40(58)48(61)52-21-33-10-14-35(15-11-33)46-31(7)54-26-68-46)64-24-36-17-42(66-56-36)44(28(3)4)49(62)57-22-37(59)18-39(57)47(60)51-20-32-8-12-34(13-9-32)45-30(6)53-25-67-45/h8-17,25-28,37-40,43-44,59H,18-24H2,1-7H3,(H,51,60)(H,52,61)/t37-,38-,39+,40+,43+,44?/m1/s1. The lowest BCUT2D eigenvalue weighted by Gasteiger charge is -2.28. The Kier molecular flexibility index (Phi) is 15.0. The van der Waals surface area contributed by atoms with Crippen molar-refractivity contribution in [2.24, 2.45) is 11.8 Å². The van der Waals surface area contributed by atoms with Gasteiger partial charge in [0.25, 0.3) is 0 Å². The summed E-state index contributed by atoms with van der Waals surface area (Å²) in [6.45, 7) is 14.0. The van der Waals surface area contributed by atoms with Crippen LogP contribution < -0.4 is 10.6 Å². The van der Waals surface area contributed by atoms with Gasteiger partial charge in [-0.1, -0.05) is 86.5 Å². The first-order chi connectivity index (χ1) is 32.6. The number of aliphatic hydroxyl groups excluding tert-OH is 1. The second kappa shape index (κ2) is 21.1. The number of aliphatic hydroxyl groups is 1. The zero-order valence-corrected chi connectivity index (χ0v) is 40.9. The molecule has 1 unspecified atom stereocenters. The molecule has 0 spiro atoms. The molecule has 2 saturated heterocycles. The van der Waals surface area contributed by atoms with Crippen molar-refractivity contribution in [1.29, 1.82) is 0 Å². The third-order valence-corrected chi connectivity index (χ3v) is 14.7. The van der Waals surface area contributed by atoms with Crippen LogP contribution in [0.2, 0.25) is 0 Å². The Morgan fingerprint density at radius 1 is 0.706 bits per heavy atom. The molecule has 4 aromatic heterocycles. The molecule has 2 aromatic carbocycles. The van der Waals surface area contributed by atoms with Crippen molar-refractivity contribution >= 4 is 46.3 Å². The number of rotatable bonds is 17. The number of thiazole rings is 2. The molecule has 2 fully saturated rings. The SMILES string of the molecule is Cc1cc([C@@H](C(=O)N2C[C@H](OCc3cc(C(C(=O)N4C[C@H](O)C[C@H]4C(=O)NCc4ccc(-c5scnc5C)cc4)C(C)C)on3)C[C@H]2C(=O)NCc2ccc(-c3scnc3C)cc2)C(C)C)on1. The Labute approximate surface area is 403 Å². The van der Waals surface area contributed by atoms with E-state index >= 15 is 0 Å². The summed E-state index contributed by atoms with van der Waals surface area (Å²) in [6, 6.07) is 17.6. The van der Waals surface area contributed by atoms with Gasteiger partial charge in [-0.25, -0.2) is 9.97 Å². The van der Waals surface area contributed by atoms with Gasteiger partial charge in [0.15, 0.2) is 0 Å². The van der Waals surface area contributed by atoms with Gasteiger partial charge < -0.3 is 39.3 Å². The van der Waals surface area contributed by atoms with Crippen LogP contribution in [-0.2, 0) is 43.6 Å². The highest BCUT2D eigenvalue weighted by atomic mass is 32.1. The van der Waals surface area contributed by atoms with E-state index in [0.717, 1.165) is 43.4 Å². The fraction of sp³-hybridized carbons (Fsp3) is 0.440. The van der Waals surface area contributed by atoms with Crippen molar-refractivity contribution in [2.75, 3.05) is 13.1 Å². The summed E-state index contributed by atoms with van der Waals surface area (Å²) in [5.74, 6) is -2.40. The smallest absolute Gasteiger partial charge is 0.243 e. The number of ether oxygens (including phenoxy) is 1. The van der Waals surface area contributed by atoms with Crippen molar-refractivity contribution in [1.82, 2.24) is 40.7 Å². The summed E-state index contributed by atoms with van der Waals surface area (Å²) in [5, 5.41) is 25.0. The normalized spacial score (nSPS) is 19.2. The van der Waals surface area contributed by atoms with Crippen LogP contribution in [0.5, 0.6) is 0 Å². The minimum Gasteiger partial charge on any atom is -0.391 e. The summed E-state index contributed by atoms with van der Waals surface area (Å²) in [5.41, 5.74) is 10.5. The van der Waals surface area contributed by atoms with Gasteiger partial charge in [0.2, 0.25) is 23.6 Å². The zero-order valence-electron chi connectivity index (χ0n) is 39.3. The van der Waals surface area contributed by atoms with Crippen LogP contribution in [-0.4, -0.2) is 96.2 Å². The maximum Gasteiger partial charge on any atom is 0.243 e. The van der Waals surface area contributed by atoms with Crippen LogP contribution >= 0.6 is 22.7 Å². The molecule has 0 saturated carbocycles. The number of likely N-dealkylation sites (tertiary alicyclic amines) is 2. The maximum atomic E-state index is 14.4. The molecule has 68 heavy (non-hydrogen) atoms. The van der Waals surface area contributed by atoms with Gasteiger partial charge in [0.1, 0.15) is 41.1 Å². The number of carbonyl (C=O) groups is 4. The van der Waals surface area contributed by atoms with E-state index in [-0.39, 0.29) is 81.1 Å². The molecular formula is C50H58N8O8S2. The number of benzene rings is 2. The van der Waals surface area contributed by atoms with E-state index in [9.17, 15) is 24.3 Å². The van der Waals surface area contributed by atoms with Crippen molar-refractivity contribution < 1.29 is 38.1 Å². The molecule has 6 aromatic rings. The van der Waals surface area contributed by atoms with E-state index in [1.165, 1.54) is 4.90 Å². The van der Waals surface area contributed by atoms with E-state index in [4.69, 9.17) is 13.8 Å². The number of aryl methyl sites for hydroxylation is 3. The summed E-state index contributed by atoms with van der Waals surface area (Å²) >= 11 is 3.15. The predicted molar refractivity (Wildman–Crippen MR) is 256 cm³/mol. The van der Waals surface area contributed by atoms with Crippen LogP contribution in [0.15, 0.2) is 80.7 Å². The third kappa shape index (κ3) is 10.8. The fourth-order valence-electron chi connectivity index (χ4n) is 9.14.